The van der Waals surface area contributed by atoms with Crippen molar-refractivity contribution in [3.63, 3.8) is 0 Å². The van der Waals surface area contributed by atoms with Crippen molar-refractivity contribution in [2.24, 2.45) is 4.99 Å². The van der Waals surface area contributed by atoms with Crippen molar-refractivity contribution in [2.75, 3.05) is 0 Å². The van der Waals surface area contributed by atoms with E-state index < -0.39 is 0 Å². The van der Waals surface area contributed by atoms with Gasteiger partial charge < -0.3 is 0 Å². The summed E-state index contributed by atoms with van der Waals surface area (Å²) in [5.41, 5.74) is 0.936. The van der Waals surface area contributed by atoms with Gasteiger partial charge in [-0.2, -0.15) is 0 Å². The van der Waals surface area contributed by atoms with Gasteiger partial charge in [-0.25, -0.2) is 4.99 Å². The summed E-state index contributed by atoms with van der Waals surface area (Å²) in [6.45, 7) is 0. The number of hydrogen-bond acceptors (Lipinski definition) is 1. The van der Waals surface area contributed by atoms with E-state index in [0.717, 1.165) is 5.69 Å². The predicted octanol–water partition coefficient (Wildman–Crippen LogP) is 3.46. The molecule has 0 unspecified atom stereocenters. The van der Waals surface area contributed by atoms with E-state index >= 15 is 0 Å². The Kier molecular flexibility index (Phi) is 3.09. The van der Waals surface area contributed by atoms with Crippen LogP contribution in [-0.4, -0.2) is 3.53 Å². The Hall–Kier alpha value is -0.150. The minimum Gasteiger partial charge on any atom is -0.234 e. The van der Waals surface area contributed by atoms with Crippen LogP contribution in [0.25, 0.3) is 0 Å². The van der Waals surface area contributed by atoms with Crippen LogP contribution < -0.4 is 0 Å². The Labute approximate surface area is 76.4 Å². The van der Waals surface area contributed by atoms with Crippen molar-refractivity contribution >= 4 is 41.1 Å². The van der Waals surface area contributed by atoms with Crippen molar-refractivity contribution in [1.29, 1.82) is 0 Å². The molecule has 0 aromatic heterocycles. The molecule has 0 bridgehead atoms. The standard InChI is InChI=1S/C7H5Br2N/c8-7(9)10-6-4-2-1-3-5-6/h1-5H. The molecular formula is C7H5Br2N. The van der Waals surface area contributed by atoms with E-state index in [1.54, 1.807) is 0 Å². The lowest BCUT2D eigenvalue weighted by Crippen LogP contribution is -1.66. The minimum absolute atomic E-state index is 0.714. The van der Waals surface area contributed by atoms with Gasteiger partial charge in [0.05, 0.1) is 5.69 Å². The number of para-hydroxylation sites is 1. The molecule has 0 saturated carbocycles. The topological polar surface area (TPSA) is 12.4 Å². The molecule has 1 nitrogen and oxygen atoms in total. The quantitative estimate of drug-likeness (QED) is 0.688. The molecule has 0 radical (unpaired) electrons. The normalized spacial score (nSPS) is 9.00. The molecule has 0 spiro atoms. The van der Waals surface area contributed by atoms with Crippen LogP contribution in [0, 0.1) is 0 Å². The molecule has 0 N–H and O–H groups in total. The number of benzene rings is 1. The van der Waals surface area contributed by atoms with Crippen LogP contribution in [0.1, 0.15) is 0 Å². The molecule has 10 heavy (non-hydrogen) atoms. The lowest BCUT2D eigenvalue weighted by molar-refractivity contribution is 1.55. The number of halogens is 2. The van der Waals surface area contributed by atoms with Gasteiger partial charge in [0.15, 0.2) is 0 Å². The van der Waals surface area contributed by atoms with E-state index in [-0.39, 0.29) is 0 Å². The van der Waals surface area contributed by atoms with Gasteiger partial charge in [-0.05, 0) is 44.0 Å². The van der Waals surface area contributed by atoms with Crippen LogP contribution in [0.5, 0.6) is 0 Å². The molecule has 0 saturated heterocycles. The monoisotopic (exact) mass is 261 g/mol. The van der Waals surface area contributed by atoms with Gasteiger partial charge in [0.1, 0.15) is 3.53 Å². The molecule has 1 aromatic carbocycles. The Morgan fingerprint density at radius 1 is 1.10 bits per heavy atom. The van der Waals surface area contributed by atoms with Crippen LogP contribution in [0.15, 0.2) is 35.3 Å². The molecule has 0 fully saturated rings. The second kappa shape index (κ2) is 3.88. The second-order valence-corrected chi connectivity index (χ2v) is 4.25. The summed E-state index contributed by atoms with van der Waals surface area (Å²) in [7, 11) is 0. The number of aliphatic imine (C=N–C) groups is 1. The lowest BCUT2D eigenvalue weighted by atomic mass is 10.3. The predicted molar refractivity (Wildman–Crippen MR) is 51.4 cm³/mol. The largest absolute Gasteiger partial charge is 0.234 e. The molecule has 0 aliphatic rings. The molecule has 3 heteroatoms. The van der Waals surface area contributed by atoms with Crippen LogP contribution >= 0.6 is 31.9 Å². The molecule has 0 atom stereocenters. The fourth-order valence-corrected chi connectivity index (χ4v) is 1.01. The van der Waals surface area contributed by atoms with Crippen LogP contribution in [0.4, 0.5) is 5.69 Å². The Morgan fingerprint density at radius 3 is 2.20 bits per heavy atom. The third kappa shape index (κ3) is 2.62. The second-order valence-electron chi connectivity index (χ2n) is 1.69. The Balaban J connectivity index is 2.87. The third-order valence-electron chi connectivity index (χ3n) is 0.970. The maximum absolute atomic E-state index is 4.11. The third-order valence-corrected chi connectivity index (χ3v) is 1.32. The first-order valence-corrected chi connectivity index (χ1v) is 4.32. The van der Waals surface area contributed by atoms with E-state index in [4.69, 9.17) is 0 Å². The highest BCUT2D eigenvalue weighted by atomic mass is 79.9. The molecule has 0 aliphatic heterocycles. The van der Waals surface area contributed by atoms with Gasteiger partial charge in [-0.3, -0.25) is 0 Å². The smallest absolute Gasteiger partial charge is 0.149 e. The van der Waals surface area contributed by atoms with Crippen LogP contribution in [0.2, 0.25) is 0 Å². The first kappa shape index (κ1) is 7.95. The minimum atomic E-state index is 0.714. The average Bonchev–Trinajstić information content (AvgIpc) is 1.88. The summed E-state index contributed by atoms with van der Waals surface area (Å²) >= 11 is 6.36. The molecule has 1 rings (SSSR count). The summed E-state index contributed by atoms with van der Waals surface area (Å²) in [6, 6.07) is 9.72. The Morgan fingerprint density at radius 2 is 1.70 bits per heavy atom. The van der Waals surface area contributed by atoms with Gasteiger partial charge in [-0.15, -0.1) is 0 Å². The SMILES string of the molecule is BrC(Br)=Nc1ccccc1. The van der Waals surface area contributed by atoms with Gasteiger partial charge in [-0.1, -0.05) is 18.2 Å². The highest BCUT2D eigenvalue weighted by Crippen LogP contribution is 2.13. The average molecular weight is 263 g/mol. The van der Waals surface area contributed by atoms with Crippen LogP contribution in [-0.2, 0) is 0 Å². The van der Waals surface area contributed by atoms with Gasteiger partial charge in [0.25, 0.3) is 0 Å². The van der Waals surface area contributed by atoms with E-state index in [2.05, 4.69) is 36.9 Å². The summed E-state index contributed by atoms with van der Waals surface area (Å²) in [5.74, 6) is 0. The van der Waals surface area contributed by atoms with E-state index in [9.17, 15) is 0 Å². The summed E-state index contributed by atoms with van der Waals surface area (Å²) in [5, 5.41) is 0. The van der Waals surface area contributed by atoms with Crippen LogP contribution in [0.3, 0.4) is 0 Å². The molecule has 0 heterocycles. The van der Waals surface area contributed by atoms with Crippen molar-refractivity contribution in [2.45, 2.75) is 0 Å². The zero-order chi connectivity index (χ0) is 7.40. The van der Waals surface area contributed by atoms with E-state index in [1.165, 1.54) is 0 Å². The van der Waals surface area contributed by atoms with E-state index in [1.807, 2.05) is 30.3 Å². The fraction of sp³-hybridized carbons (Fsp3) is 0. The first-order valence-electron chi connectivity index (χ1n) is 2.74. The van der Waals surface area contributed by atoms with Gasteiger partial charge in [0, 0.05) is 0 Å². The maximum Gasteiger partial charge on any atom is 0.149 e. The van der Waals surface area contributed by atoms with Gasteiger partial charge in [0.2, 0.25) is 0 Å². The van der Waals surface area contributed by atoms with Crippen molar-refractivity contribution in [1.82, 2.24) is 0 Å². The lowest BCUT2D eigenvalue weighted by Gasteiger charge is -1.89. The van der Waals surface area contributed by atoms with Crippen molar-refractivity contribution in [3.05, 3.63) is 30.3 Å². The zero-order valence-electron chi connectivity index (χ0n) is 5.09. The molecular weight excluding hydrogens is 258 g/mol. The number of hydrogen-bond donors (Lipinski definition) is 0. The fourth-order valence-electron chi connectivity index (χ4n) is 0.600. The van der Waals surface area contributed by atoms with E-state index in [0.29, 0.717) is 3.53 Å². The molecule has 52 valence electrons. The van der Waals surface area contributed by atoms with Crippen molar-refractivity contribution in [3.8, 4) is 0 Å². The van der Waals surface area contributed by atoms with Crippen molar-refractivity contribution < 1.29 is 0 Å². The first-order chi connectivity index (χ1) is 4.79. The Bertz CT molecular complexity index is 227. The highest BCUT2D eigenvalue weighted by molar-refractivity contribution is 9.39. The highest BCUT2D eigenvalue weighted by Gasteiger charge is 1.85. The number of nitrogens with zero attached hydrogens (tertiary/aromatic N) is 1. The molecule has 0 aliphatic carbocycles. The van der Waals surface area contributed by atoms with Gasteiger partial charge >= 0.3 is 0 Å². The summed E-state index contributed by atoms with van der Waals surface area (Å²) in [4.78, 5) is 4.11. The molecule has 0 amide bonds. The molecule has 1 aromatic rings. The number of rotatable bonds is 1. The summed E-state index contributed by atoms with van der Waals surface area (Å²) < 4.78 is 0.714. The maximum atomic E-state index is 4.11. The zero-order valence-corrected chi connectivity index (χ0v) is 8.26. The summed E-state index contributed by atoms with van der Waals surface area (Å²) in [6.07, 6.45) is 0.